The number of rotatable bonds is 4. The summed E-state index contributed by atoms with van der Waals surface area (Å²) in [7, 11) is 0. The summed E-state index contributed by atoms with van der Waals surface area (Å²) < 4.78 is 7.10. The van der Waals surface area contributed by atoms with E-state index in [2.05, 4.69) is 44.0 Å². The van der Waals surface area contributed by atoms with Crippen molar-refractivity contribution in [2.75, 3.05) is 6.61 Å². The number of hydrogen-bond acceptors (Lipinski definition) is 1. The molecule has 0 amide bonds. The number of benzene rings is 1. The highest BCUT2D eigenvalue weighted by Crippen LogP contribution is 2.58. The standard InChI is InChI=1S/C16H18Br2O/c17-12-7-11-5-6-19-16(11)13(8-12)15(18)14(9-1-2-9)10-3-4-10/h7-10,14-15H,1-6H2. The Balaban J connectivity index is 1.70. The molecule has 0 spiro atoms. The van der Waals surface area contributed by atoms with Gasteiger partial charge < -0.3 is 4.74 Å². The number of hydrogen-bond donors (Lipinski definition) is 0. The van der Waals surface area contributed by atoms with Crippen LogP contribution in [0.4, 0.5) is 0 Å². The molecule has 1 heterocycles. The summed E-state index contributed by atoms with van der Waals surface area (Å²) in [5.41, 5.74) is 2.75. The smallest absolute Gasteiger partial charge is 0.127 e. The van der Waals surface area contributed by atoms with Crippen LogP contribution in [0.2, 0.25) is 0 Å². The van der Waals surface area contributed by atoms with Crippen molar-refractivity contribution in [1.82, 2.24) is 0 Å². The molecule has 1 atom stereocenters. The van der Waals surface area contributed by atoms with E-state index in [1.165, 1.54) is 41.3 Å². The highest BCUT2D eigenvalue weighted by atomic mass is 79.9. The van der Waals surface area contributed by atoms with E-state index < -0.39 is 0 Å². The van der Waals surface area contributed by atoms with Gasteiger partial charge in [-0.3, -0.25) is 0 Å². The Morgan fingerprint density at radius 1 is 1.11 bits per heavy atom. The number of halogens is 2. The SMILES string of the molecule is Brc1cc2c(c(C(Br)C(C3CC3)C3CC3)c1)OCC2. The van der Waals surface area contributed by atoms with Gasteiger partial charge in [0.2, 0.25) is 0 Å². The lowest BCUT2D eigenvalue weighted by Gasteiger charge is -2.24. The van der Waals surface area contributed by atoms with Gasteiger partial charge in [0.25, 0.3) is 0 Å². The van der Waals surface area contributed by atoms with Crippen LogP contribution in [0.25, 0.3) is 0 Å². The van der Waals surface area contributed by atoms with E-state index in [1.54, 1.807) is 0 Å². The maximum atomic E-state index is 5.91. The third-order valence-corrected chi connectivity index (χ3v) is 6.31. The molecule has 3 heteroatoms. The van der Waals surface area contributed by atoms with Crippen molar-refractivity contribution in [3.05, 3.63) is 27.7 Å². The van der Waals surface area contributed by atoms with Crippen molar-refractivity contribution >= 4 is 31.9 Å². The van der Waals surface area contributed by atoms with Crippen molar-refractivity contribution in [2.24, 2.45) is 17.8 Å². The van der Waals surface area contributed by atoms with Gasteiger partial charge in [0, 0.05) is 21.3 Å². The Kier molecular flexibility index (Phi) is 3.19. The van der Waals surface area contributed by atoms with Crippen LogP contribution in [0.3, 0.4) is 0 Å². The summed E-state index contributed by atoms with van der Waals surface area (Å²) >= 11 is 7.68. The molecule has 2 fully saturated rings. The molecule has 0 bridgehead atoms. The summed E-state index contributed by atoms with van der Waals surface area (Å²) in [5.74, 6) is 3.89. The molecule has 19 heavy (non-hydrogen) atoms. The second-order valence-electron chi connectivity index (χ2n) is 6.24. The van der Waals surface area contributed by atoms with Crippen molar-refractivity contribution in [3.63, 3.8) is 0 Å². The predicted octanol–water partition coefficient (Wildman–Crippen LogP) is 5.26. The molecule has 1 nitrogen and oxygen atoms in total. The lowest BCUT2D eigenvalue weighted by Crippen LogP contribution is -2.13. The number of alkyl halides is 1. The average Bonchev–Trinajstić information content (AvgIpc) is 3.30. The molecule has 3 aliphatic rings. The van der Waals surface area contributed by atoms with Crippen LogP contribution in [0.1, 0.15) is 41.6 Å². The second kappa shape index (κ2) is 4.77. The van der Waals surface area contributed by atoms with Gasteiger partial charge in [-0.2, -0.15) is 0 Å². The van der Waals surface area contributed by atoms with E-state index >= 15 is 0 Å². The topological polar surface area (TPSA) is 9.23 Å². The van der Waals surface area contributed by atoms with E-state index in [-0.39, 0.29) is 0 Å². The molecule has 0 N–H and O–H groups in total. The molecular weight excluding hydrogens is 368 g/mol. The minimum atomic E-state index is 0.469. The van der Waals surface area contributed by atoms with E-state index in [4.69, 9.17) is 4.74 Å². The van der Waals surface area contributed by atoms with E-state index in [9.17, 15) is 0 Å². The predicted molar refractivity (Wildman–Crippen MR) is 83.9 cm³/mol. The third kappa shape index (κ3) is 2.37. The maximum absolute atomic E-state index is 5.91. The average molecular weight is 386 g/mol. The highest BCUT2D eigenvalue weighted by Gasteiger charge is 2.46. The molecule has 0 aromatic heterocycles. The molecule has 0 saturated heterocycles. The second-order valence-corrected chi connectivity index (χ2v) is 8.14. The summed E-state index contributed by atoms with van der Waals surface area (Å²) in [4.78, 5) is 0.469. The van der Waals surface area contributed by atoms with Gasteiger partial charge in [0.1, 0.15) is 5.75 Å². The first kappa shape index (κ1) is 12.7. The van der Waals surface area contributed by atoms with Gasteiger partial charge in [0.15, 0.2) is 0 Å². The summed E-state index contributed by atoms with van der Waals surface area (Å²) in [5, 5.41) is 0. The number of fused-ring (bicyclic) bond motifs is 1. The first-order valence-electron chi connectivity index (χ1n) is 7.33. The Morgan fingerprint density at radius 3 is 2.42 bits per heavy atom. The minimum Gasteiger partial charge on any atom is -0.493 e. The van der Waals surface area contributed by atoms with Crippen molar-refractivity contribution < 1.29 is 4.74 Å². The normalized spacial score (nSPS) is 23.3. The quantitative estimate of drug-likeness (QED) is 0.642. The van der Waals surface area contributed by atoms with E-state index in [0.717, 1.165) is 36.5 Å². The van der Waals surface area contributed by atoms with Gasteiger partial charge in [-0.25, -0.2) is 0 Å². The zero-order valence-electron chi connectivity index (χ0n) is 10.9. The summed E-state index contributed by atoms with van der Waals surface area (Å²) in [6.07, 6.45) is 6.78. The molecule has 4 rings (SSSR count). The molecule has 2 saturated carbocycles. The van der Waals surface area contributed by atoms with Crippen molar-refractivity contribution in [3.8, 4) is 5.75 Å². The van der Waals surface area contributed by atoms with Crippen LogP contribution in [0.15, 0.2) is 16.6 Å². The van der Waals surface area contributed by atoms with E-state index in [0.29, 0.717) is 4.83 Å². The fourth-order valence-electron chi connectivity index (χ4n) is 3.54. The molecule has 102 valence electrons. The van der Waals surface area contributed by atoms with Crippen LogP contribution in [-0.2, 0) is 6.42 Å². The lowest BCUT2D eigenvalue weighted by molar-refractivity contribution is 0.343. The van der Waals surface area contributed by atoms with Gasteiger partial charge >= 0.3 is 0 Å². The minimum absolute atomic E-state index is 0.469. The molecule has 1 aliphatic heterocycles. The van der Waals surface area contributed by atoms with Crippen LogP contribution in [0, 0.1) is 17.8 Å². The zero-order chi connectivity index (χ0) is 13.0. The Hall–Kier alpha value is -0.0200. The summed E-state index contributed by atoms with van der Waals surface area (Å²) in [6, 6.07) is 4.48. The first-order chi connectivity index (χ1) is 9.24. The van der Waals surface area contributed by atoms with Crippen LogP contribution < -0.4 is 4.74 Å². The van der Waals surface area contributed by atoms with Crippen molar-refractivity contribution in [2.45, 2.75) is 36.9 Å². The van der Waals surface area contributed by atoms with Gasteiger partial charge in [-0.05, 0) is 61.1 Å². The lowest BCUT2D eigenvalue weighted by atomic mass is 9.89. The van der Waals surface area contributed by atoms with Crippen molar-refractivity contribution in [1.29, 1.82) is 0 Å². The van der Waals surface area contributed by atoms with Crippen LogP contribution in [0.5, 0.6) is 5.75 Å². The van der Waals surface area contributed by atoms with E-state index in [1.807, 2.05) is 0 Å². The number of ether oxygens (including phenoxy) is 1. The summed E-state index contributed by atoms with van der Waals surface area (Å²) in [6.45, 7) is 0.843. The Labute approximate surface area is 131 Å². The molecule has 1 aromatic rings. The van der Waals surface area contributed by atoms with Crippen LogP contribution >= 0.6 is 31.9 Å². The Bertz CT molecular complexity index is 494. The fraction of sp³-hybridized carbons (Fsp3) is 0.625. The third-order valence-electron chi connectivity index (χ3n) is 4.74. The first-order valence-corrected chi connectivity index (χ1v) is 9.04. The largest absolute Gasteiger partial charge is 0.493 e. The Morgan fingerprint density at radius 2 is 1.79 bits per heavy atom. The fourth-order valence-corrected chi connectivity index (χ4v) is 5.26. The van der Waals surface area contributed by atoms with Crippen LogP contribution in [-0.4, -0.2) is 6.61 Å². The monoisotopic (exact) mass is 384 g/mol. The molecule has 0 radical (unpaired) electrons. The maximum Gasteiger partial charge on any atom is 0.127 e. The van der Waals surface area contributed by atoms with Gasteiger partial charge in [-0.15, -0.1) is 0 Å². The molecule has 2 aliphatic carbocycles. The molecule has 1 unspecified atom stereocenters. The molecular formula is C16H18Br2O. The highest BCUT2D eigenvalue weighted by molar-refractivity contribution is 9.10. The van der Waals surface area contributed by atoms with Gasteiger partial charge in [0.05, 0.1) is 6.61 Å². The van der Waals surface area contributed by atoms with Gasteiger partial charge in [-0.1, -0.05) is 31.9 Å². The zero-order valence-corrected chi connectivity index (χ0v) is 14.0. The molecule has 1 aromatic carbocycles.